The minimum atomic E-state index is -1.47. The number of hydrogen-bond donors (Lipinski definition) is 3. The van der Waals surface area contributed by atoms with E-state index in [2.05, 4.69) is 15.7 Å². The second-order valence-corrected chi connectivity index (χ2v) is 9.30. The third-order valence-corrected chi connectivity index (χ3v) is 6.10. The molecule has 184 valence electrons. The Morgan fingerprint density at radius 3 is 2.59 bits per heavy atom. The summed E-state index contributed by atoms with van der Waals surface area (Å²) in [5, 5.41) is 19.4. The molecule has 2 heterocycles. The van der Waals surface area contributed by atoms with E-state index in [9.17, 15) is 19.2 Å². The number of benzene rings is 1. The summed E-state index contributed by atoms with van der Waals surface area (Å²) in [7, 11) is 1.59. The number of amides is 4. The fraction of sp³-hybridized carbons (Fsp3) is 0.522. The van der Waals surface area contributed by atoms with Crippen LogP contribution in [0.4, 0.5) is 4.79 Å². The van der Waals surface area contributed by atoms with Gasteiger partial charge < -0.3 is 25.4 Å². The molecule has 0 spiro atoms. The molecule has 4 amide bonds. The van der Waals surface area contributed by atoms with Crippen molar-refractivity contribution >= 4 is 29.5 Å². The molecule has 11 nitrogen and oxygen atoms in total. The Balaban J connectivity index is 1.74. The maximum atomic E-state index is 13.5. The van der Waals surface area contributed by atoms with Gasteiger partial charge in [0.2, 0.25) is 11.8 Å². The Bertz CT molecular complexity index is 995. The van der Waals surface area contributed by atoms with E-state index < -0.39 is 34.9 Å². The van der Waals surface area contributed by atoms with E-state index in [0.717, 1.165) is 11.3 Å². The van der Waals surface area contributed by atoms with Crippen molar-refractivity contribution in [3.63, 3.8) is 0 Å². The number of piperidine rings is 1. The molecule has 11 heteroatoms. The maximum Gasteiger partial charge on any atom is 0.405 e. The normalized spacial score (nSPS) is 20.9. The topological polar surface area (TPSA) is 141 Å². The summed E-state index contributed by atoms with van der Waals surface area (Å²) >= 11 is 0. The Morgan fingerprint density at radius 2 is 1.94 bits per heavy atom. The maximum absolute atomic E-state index is 13.5. The molecule has 0 aliphatic carbocycles. The molecular formula is C23H31N5O6. The van der Waals surface area contributed by atoms with Crippen LogP contribution >= 0.6 is 0 Å². The number of fused-ring (bicyclic) bond motifs is 1. The fourth-order valence-corrected chi connectivity index (χ4v) is 4.12. The molecule has 3 N–H and O–H groups in total. The van der Waals surface area contributed by atoms with E-state index in [1.807, 2.05) is 30.3 Å². The van der Waals surface area contributed by atoms with E-state index in [-0.39, 0.29) is 25.7 Å². The summed E-state index contributed by atoms with van der Waals surface area (Å²) in [5.41, 5.74) is -0.746. The van der Waals surface area contributed by atoms with Gasteiger partial charge in [0.05, 0.1) is 18.9 Å². The largest absolute Gasteiger partial charge is 0.465 e. The van der Waals surface area contributed by atoms with Gasteiger partial charge in [-0.1, -0.05) is 30.3 Å². The number of hydrazone groups is 1. The zero-order valence-electron chi connectivity index (χ0n) is 19.8. The zero-order valence-corrected chi connectivity index (χ0v) is 19.8. The van der Waals surface area contributed by atoms with Crippen LogP contribution in [0, 0.1) is 5.41 Å². The van der Waals surface area contributed by atoms with Crippen LogP contribution in [-0.2, 0) is 25.7 Å². The molecule has 1 unspecified atom stereocenters. The number of nitrogens with one attached hydrogen (secondary N) is 2. The van der Waals surface area contributed by atoms with Gasteiger partial charge in [-0.3, -0.25) is 14.4 Å². The van der Waals surface area contributed by atoms with Crippen LogP contribution in [0.5, 0.6) is 0 Å². The Hall–Kier alpha value is -3.47. The molecular weight excluding hydrogens is 442 g/mol. The Morgan fingerprint density at radius 1 is 1.26 bits per heavy atom. The van der Waals surface area contributed by atoms with Crippen LogP contribution in [-0.4, -0.2) is 82.9 Å². The van der Waals surface area contributed by atoms with Crippen molar-refractivity contribution in [3.05, 3.63) is 35.9 Å². The standard InChI is InChI=1S/C23H31N5O6/c1-22(2,25-21(32)33)19(30)24-16(13-34-12-15-8-6-5-7-9-15)18(29)28-11-10-17-23(3,14-28)20(31)27(4)26-17/h5-9,16,25H,10-14H2,1-4H3,(H,24,30)(H,32,33)/t16-,23?/m1/s1. The first-order chi connectivity index (χ1) is 15.9. The van der Waals surface area contributed by atoms with Gasteiger partial charge in [-0.2, -0.15) is 5.10 Å². The summed E-state index contributed by atoms with van der Waals surface area (Å²) in [6, 6.07) is 8.30. The zero-order chi connectivity index (χ0) is 25.1. The number of carbonyl (C=O) groups is 4. The van der Waals surface area contributed by atoms with Crippen molar-refractivity contribution in [3.8, 4) is 0 Å². The highest BCUT2D eigenvalue weighted by molar-refractivity contribution is 6.13. The van der Waals surface area contributed by atoms with Gasteiger partial charge in [0.15, 0.2) is 0 Å². The smallest absolute Gasteiger partial charge is 0.405 e. The predicted octanol–water partition coefficient (Wildman–Crippen LogP) is 0.801. The van der Waals surface area contributed by atoms with Gasteiger partial charge in [-0.25, -0.2) is 9.80 Å². The number of hydrogen-bond acceptors (Lipinski definition) is 6. The van der Waals surface area contributed by atoms with E-state index in [0.29, 0.717) is 13.0 Å². The van der Waals surface area contributed by atoms with Gasteiger partial charge in [-0.05, 0) is 26.3 Å². The van der Waals surface area contributed by atoms with Crippen LogP contribution in [0.1, 0.15) is 32.8 Å². The number of rotatable bonds is 8. The highest BCUT2D eigenvalue weighted by Crippen LogP contribution is 2.34. The average Bonchev–Trinajstić information content (AvgIpc) is 3.00. The van der Waals surface area contributed by atoms with Gasteiger partial charge in [-0.15, -0.1) is 0 Å². The number of carbonyl (C=O) groups excluding carboxylic acids is 3. The first-order valence-electron chi connectivity index (χ1n) is 11.0. The third kappa shape index (κ3) is 5.36. The van der Waals surface area contributed by atoms with Crippen LogP contribution in [0.3, 0.4) is 0 Å². The highest BCUT2D eigenvalue weighted by Gasteiger charge is 2.50. The number of carboxylic acid groups (broad SMARTS) is 1. The molecule has 0 aromatic heterocycles. The molecule has 2 aliphatic heterocycles. The first-order valence-corrected chi connectivity index (χ1v) is 11.0. The average molecular weight is 474 g/mol. The van der Waals surface area contributed by atoms with Gasteiger partial charge in [0, 0.05) is 26.6 Å². The Labute approximate surface area is 198 Å². The van der Waals surface area contributed by atoms with Crippen LogP contribution in [0.15, 0.2) is 35.4 Å². The van der Waals surface area contributed by atoms with Crippen LogP contribution in [0.2, 0.25) is 0 Å². The van der Waals surface area contributed by atoms with Crippen molar-refractivity contribution in [1.29, 1.82) is 0 Å². The third-order valence-electron chi connectivity index (χ3n) is 6.10. The minimum absolute atomic E-state index is 0.120. The summed E-state index contributed by atoms with van der Waals surface area (Å²) in [6.07, 6.45) is -0.918. The number of likely N-dealkylation sites (tertiary alicyclic amines) is 1. The van der Waals surface area contributed by atoms with E-state index in [4.69, 9.17) is 9.84 Å². The highest BCUT2D eigenvalue weighted by atomic mass is 16.5. The molecule has 1 fully saturated rings. The minimum Gasteiger partial charge on any atom is -0.465 e. The number of ether oxygens (including phenoxy) is 1. The first kappa shape index (κ1) is 25.2. The SMILES string of the molecule is CN1N=C2CCN(C(=O)[C@@H](COCc3ccccc3)NC(=O)C(C)(C)NC(=O)O)CC2(C)C1=O. The Kier molecular flexibility index (Phi) is 7.25. The lowest BCUT2D eigenvalue weighted by Gasteiger charge is -2.38. The van der Waals surface area contributed by atoms with Crippen molar-refractivity contribution in [2.75, 3.05) is 26.7 Å². The van der Waals surface area contributed by atoms with Gasteiger partial charge in [0.1, 0.15) is 17.0 Å². The van der Waals surface area contributed by atoms with Crippen molar-refractivity contribution < 1.29 is 29.0 Å². The van der Waals surface area contributed by atoms with Crippen LogP contribution < -0.4 is 10.6 Å². The fourth-order valence-electron chi connectivity index (χ4n) is 4.12. The van der Waals surface area contributed by atoms with Crippen molar-refractivity contribution in [2.24, 2.45) is 10.5 Å². The number of nitrogens with zero attached hydrogens (tertiary/aromatic N) is 3. The summed E-state index contributed by atoms with van der Waals surface area (Å²) in [4.78, 5) is 51.6. The van der Waals surface area contributed by atoms with Gasteiger partial charge in [0.25, 0.3) is 5.91 Å². The van der Waals surface area contributed by atoms with Gasteiger partial charge >= 0.3 is 6.09 Å². The molecule has 3 rings (SSSR count). The van der Waals surface area contributed by atoms with Crippen molar-refractivity contribution in [1.82, 2.24) is 20.5 Å². The van der Waals surface area contributed by atoms with Crippen LogP contribution in [0.25, 0.3) is 0 Å². The lowest BCUT2D eigenvalue weighted by molar-refractivity contribution is -0.143. The molecule has 1 saturated heterocycles. The predicted molar refractivity (Wildman–Crippen MR) is 123 cm³/mol. The van der Waals surface area contributed by atoms with E-state index >= 15 is 0 Å². The summed E-state index contributed by atoms with van der Waals surface area (Å²) in [5.74, 6) is -1.26. The second-order valence-electron chi connectivity index (χ2n) is 9.30. The van der Waals surface area contributed by atoms with E-state index in [1.54, 1.807) is 14.0 Å². The monoisotopic (exact) mass is 473 g/mol. The lowest BCUT2D eigenvalue weighted by atomic mass is 9.79. The molecule has 0 bridgehead atoms. The molecule has 2 aliphatic rings. The summed E-state index contributed by atoms with van der Waals surface area (Å²) < 4.78 is 5.74. The molecule has 0 radical (unpaired) electrons. The molecule has 34 heavy (non-hydrogen) atoms. The molecule has 1 aromatic rings. The quantitative estimate of drug-likeness (QED) is 0.510. The molecule has 2 atom stereocenters. The van der Waals surface area contributed by atoms with E-state index in [1.165, 1.54) is 23.8 Å². The lowest BCUT2D eigenvalue weighted by Crippen LogP contribution is -2.62. The van der Waals surface area contributed by atoms with Crippen molar-refractivity contribution in [2.45, 2.75) is 45.4 Å². The molecule has 0 saturated carbocycles. The second kappa shape index (κ2) is 9.80. The summed E-state index contributed by atoms with van der Waals surface area (Å²) in [6.45, 7) is 5.16. The molecule has 1 aromatic carbocycles.